The average Bonchev–Trinajstić information content (AvgIpc) is 3.38. The van der Waals surface area contributed by atoms with Gasteiger partial charge in [-0.15, -0.1) is 0 Å². The minimum atomic E-state index is -4.66. The number of carbonyl (C=O) groups excluding carboxylic acids is 1. The second-order valence-electron chi connectivity index (χ2n) is 7.89. The number of hydrogen-bond donors (Lipinski definition) is 0. The second kappa shape index (κ2) is 8.18. The molecule has 1 aromatic carbocycles. The van der Waals surface area contributed by atoms with Crippen molar-refractivity contribution in [1.29, 1.82) is 0 Å². The molecule has 6 nitrogen and oxygen atoms in total. The fraction of sp³-hybridized carbons (Fsp3) is 0.500. The van der Waals surface area contributed by atoms with Crippen molar-refractivity contribution < 1.29 is 22.7 Å². The summed E-state index contributed by atoms with van der Waals surface area (Å²) in [6.45, 7) is 3.11. The van der Waals surface area contributed by atoms with Gasteiger partial charge in [-0.3, -0.25) is 14.4 Å². The first-order valence-corrected chi connectivity index (χ1v) is 10.5. The normalized spacial score (nSPS) is 21.2. The quantitative estimate of drug-likeness (QED) is 0.653. The van der Waals surface area contributed by atoms with Gasteiger partial charge in [-0.2, -0.15) is 18.3 Å². The molecule has 2 bridgehead atoms. The molecular weight excluding hydrogens is 456 g/mol. The van der Waals surface area contributed by atoms with Crippen molar-refractivity contribution >= 4 is 29.1 Å². The van der Waals surface area contributed by atoms with Crippen LogP contribution in [0.4, 0.5) is 13.2 Å². The topological polar surface area (TPSA) is 50.6 Å². The molecule has 2 unspecified atom stereocenters. The highest BCUT2D eigenvalue weighted by Gasteiger charge is 2.45. The van der Waals surface area contributed by atoms with E-state index in [-0.39, 0.29) is 30.2 Å². The maximum Gasteiger partial charge on any atom is 0.436 e. The molecule has 2 aliphatic rings. The summed E-state index contributed by atoms with van der Waals surface area (Å²) in [6, 6.07) is 5.87. The molecule has 0 N–H and O–H groups in total. The number of methoxy groups -OCH3 is 1. The average molecular weight is 477 g/mol. The fourth-order valence-electron chi connectivity index (χ4n) is 4.36. The number of aromatic nitrogens is 2. The predicted octanol–water partition coefficient (Wildman–Crippen LogP) is 4.01. The lowest BCUT2D eigenvalue weighted by Gasteiger charge is -2.34. The number of benzene rings is 1. The van der Waals surface area contributed by atoms with Crippen molar-refractivity contribution in [1.82, 2.24) is 19.6 Å². The molecule has 1 amide bonds. The third-order valence-electron chi connectivity index (χ3n) is 5.96. The molecule has 0 spiro atoms. The van der Waals surface area contributed by atoms with E-state index < -0.39 is 16.9 Å². The number of nitrogens with zero attached hydrogens (tertiary/aromatic N) is 4. The second-order valence-corrected chi connectivity index (χ2v) is 8.68. The zero-order valence-corrected chi connectivity index (χ0v) is 18.4. The number of amides is 1. The number of ether oxygens (including phenoxy) is 1. The maximum atomic E-state index is 13.0. The van der Waals surface area contributed by atoms with Crippen LogP contribution in [-0.2, 0) is 24.1 Å². The van der Waals surface area contributed by atoms with E-state index in [1.54, 1.807) is 18.1 Å². The Balaban J connectivity index is 1.40. The Bertz CT molecular complexity index is 1010. The number of fused-ring (bicyclic) bond motifs is 2. The van der Waals surface area contributed by atoms with E-state index in [9.17, 15) is 18.0 Å². The molecule has 2 aromatic rings. The monoisotopic (exact) mass is 476 g/mol. The molecule has 1 aromatic heterocycles. The Morgan fingerprint density at radius 3 is 2.58 bits per heavy atom. The summed E-state index contributed by atoms with van der Waals surface area (Å²) in [5, 5.41) is 3.61. The molecule has 168 valence electrons. The predicted molar refractivity (Wildman–Crippen MR) is 109 cm³/mol. The van der Waals surface area contributed by atoms with Gasteiger partial charge in [0.1, 0.15) is 12.3 Å². The lowest BCUT2D eigenvalue weighted by molar-refractivity contribution is -0.142. The number of piperazine rings is 1. The summed E-state index contributed by atoms with van der Waals surface area (Å²) in [7, 11) is 1.57. The highest BCUT2D eigenvalue weighted by molar-refractivity contribution is 6.32. The first-order valence-electron chi connectivity index (χ1n) is 9.74. The zero-order valence-electron chi connectivity index (χ0n) is 16.9. The van der Waals surface area contributed by atoms with E-state index in [4.69, 9.17) is 27.9 Å². The molecule has 2 saturated heterocycles. The van der Waals surface area contributed by atoms with E-state index in [0.29, 0.717) is 30.4 Å². The molecule has 31 heavy (non-hydrogen) atoms. The first kappa shape index (κ1) is 22.2. The maximum absolute atomic E-state index is 13.0. The Hall–Kier alpha value is -1.97. The molecule has 0 radical (unpaired) electrons. The zero-order chi connectivity index (χ0) is 22.5. The van der Waals surface area contributed by atoms with Crippen molar-refractivity contribution in [2.75, 3.05) is 20.2 Å². The minimum Gasteiger partial charge on any atom is -0.495 e. The van der Waals surface area contributed by atoms with Gasteiger partial charge >= 0.3 is 6.18 Å². The van der Waals surface area contributed by atoms with Crippen LogP contribution in [0.1, 0.15) is 23.4 Å². The summed E-state index contributed by atoms with van der Waals surface area (Å²) in [5.74, 6) is 0.364. The Morgan fingerprint density at radius 1 is 1.26 bits per heavy atom. The van der Waals surface area contributed by atoms with Crippen molar-refractivity contribution in [3.8, 4) is 5.75 Å². The Kier molecular flexibility index (Phi) is 5.87. The van der Waals surface area contributed by atoms with Crippen molar-refractivity contribution in [3.63, 3.8) is 0 Å². The molecule has 0 saturated carbocycles. The van der Waals surface area contributed by atoms with Gasteiger partial charge in [0.2, 0.25) is 5.91 Å². The highest BCUT2D eigenvalue weighted by Crippen LogP contribution is 2.36. The van der Waals surface area contributed by atoms with E-state index in [2.05, 4.69) is 10.00 Å². The fourth-order valence-corrected chi connectivity index (χ4v) is 4.80. The summed E-state index contributed by atoms with van der Waals surface area (Å²) in [6.07, 6.45) is -3.82. The largest absolute Gasteiger partial charge is 0.495 e. The molecule has 2 aliphatic heterocycles. The smallest absolute Gasteiger partial charge is 0.436 e. The number of carbonyl (C=O) groups is 1. The minimum absolute atomic E-state index is 0.0279. The Labute approximate surface area is 187 Å². The summed E-state index contributed by atoms with van der Waals surface area (Å²) in [4.78, 5) is 16.8. The lowest BCUT2D eigenvalue weighted by Crippen LogP contribution is -2.49. The van der Waals surface area contributed by atoms with Gasteiger partial charge in [-0.1, -0.05) is 29.3 Å². The van der Waals surface area contributed by atoms with Crippen LogP contribution in [0.15, 0.2) is 18.2 Å². The van der Waals surface area contributed by atoms with E-state index >= 15 is 0 Å². The van der Waals surface area contributed by atoms with Crippen LogP contribution >= 0.6 is 23.2 Å². The molecule has 3 heterocycles. The lowest BCUT2D eigenvalue weighted by atomic mass is 10.2. The van der Waals surface area contributed by atoms with Gasteiger partial charge < -0.3 is 9.64 Å². The van der Waals surface area contributed by atoms with Crippen LogP contribution in [-0.4, -0.2) is 57.8 Å². The van der Waals surface area contributed by atoms with Crippen molar-refractivity contribution in [2.24, 2.45) is 0 Å². The van der Waals surface area contributed by atoms with Crippen LogP contribution in [0.5, 0.6) is 5.75 Å². The number of alkyl halides is 3. The van der Waals surface area contributed by atoms with E-state index in [1.165, 1.54) is 6.92 Å². The SMILES string of the molecule is COc1cc(CN2CC3CC2CN3C(=O)Cn2nc(C(F)(F)F)c(Cl)c2C)ccc1Cl. The molecule has 11 heteroatoms. The van der Waals surface area contributed by atoms with Gasteiger partial charge in [-0.05, 0) is 31.0 Å². The highest BCUT2D eigenvalue weighted by atomic mass is 35.5. The van der Waals surface area contributed by atoms with Crippen LogP contribution in [0.3, 0.4) is 0 Å². The third kappa shape index (κ3) is 4.23. The Morgan fingerprint density at radius 2 is 2.00 bits per heavy atom. The van der Waals surface area contributed by atoms with Crippen molar-refractivity contribution in [2.45, 2.75) is 44.7 Å². The van der Waals surface area contributed by atoms with Crippen LogP contribution in [0.2, 0.25) is 10.0 Å². The molecule has 4 rings (SSSR count). The summed E-state index contributed by atoms with van der Waals surface area (Å²) >= 11 is 11.9. The van der Waals surface area contributed by atoms with Crippen LogP contribution in [0.25, 0.3) is 0 Å². The number of rotatable bonds is 5. The number of likely N-dealkylation sites (tertiary alicyclic amines) is 2. The standard InChI is InChI=1S/C20H21Cl2F3N4O2/c1-11-18(22)19(20(23,24)25)26-29(11)10-17(30)28-9-13-6-14(28)8-27(13)7-12-3-4-15(21)16(5-12)31-2/h3-5,13-14H,6-10H2,1-2H3. The van der Waals surface area contributed by atoms with Gasteiger partial charge in [-0.25, -0.2) is 0 Å². The summed E-state index contributed by atoms with van der Waals surface area (Å²) in [5.41, 5.74) is 0.0325. The summed E-state index contributed by atoms with van der Waals surface area (Å²) < 4.78 is 45.4. The third-order valence-corrected chi connectivity index (χ3v) is 6.73. The number of hydrogen-bond acceptors (Lipinski definition) is 4. The van der Waals surface area contributed by atoms with Crippen LogP contribution < -0.4 is 4.74 Å². The van der Waals surface area contributed by atoms with Gasteiger partial charge in [0.05, 0.1) is 22.8 Å². The molecule has 0 aliphatic carbocycles. The molecular formula is C20H21Cl2F3N4O2. The van der Waals surface area contributed by atoms with Gasteiger partial charge in [0.15, 0.2) is 5.69 Å². The molecule has 2 atom stereocenters. The molecule has 2 fully saturated rings. The van der Waals surface area contributed by atoms with Gasteiger partial charge in [0.25, 0.3) is 0 Å². The van der Waals surface area contributed by atoms with Crippen LogP contribution in [0, 0.1) is 6.92 Å². The van der Waals surface area contributed by atoms with E-state index in [0.717, 1.165) is 16.7 Å². The first-order chi connectivity index (χ1) is 14.6. The van der Waals surface area contributed by atoms with E-state index in [1.807, 2.05) is 12.1 Å². The van der Waals surface area contributed by atoms with Gasteiger partial charge in [0, 0.05) is 31.7 Å². The van der Waals surface area contributed by atoms with Crippen molar-refractivity contribution in [3.05, 3.63) is 45.2 Å². The number of halogens is 5.